The van der Waals surface area contributed by atoms with Crippen molar-refractivity contribution in [3.63, 3.8) is 0 Å². The number of pyridine rings is 3. The lowest BCUT2D eigenvalue weighted by atomic mass is 10.1. The van der Waals surface area contributed by atoms with Gasteiger partial charge in [0.15, 0.2) is 15.7 Å². The van der Waals surface area contributed by atoms with Crippen LogP contribution in [0.3, 0.4) is 0 Å². The van der Waals surface area contributed by atoms with Crippen molar-refractivity contribution >= 4 is 44.0 Å². The highest BCUT2D eigenvalue weighted by Crippen LogP contribution is 2.36. The Morgan fingerprint density at radius 3 is 2.90 bits per heavy atom. The van der Waals surface area contributed by atoms with Crippen molar-refractivity contribution in [2.45, 2.75) is 31.0 Å². The van der Waals surface area contributed by atoms with Gasteiger partial charge in [0.05, 0.1) is 47.3 Å². The second-order valence-corrected chi connectivity index (χ2v) is 11.9. The predicted molar refractivity (Wildman–Crippen MR) is 148 cm³/mol. The number of hydrogen-bond acceptors (Lipinski definition) is 9. The maximum atomic E-state index is 12.9. The number of aromatic nitrogens is 3. The molecule has 1 amide bonds. The highest BCUT2D eigenvalue weighted by molar-refractivity contribution is 7.91. The van der Waals surface area contributed by atoms with E-state index in [2.05, 4.69) is 45.1 Å². The van der Waals surface area contributed by atoms with Crippen LogP contribution >= 0.6 is 0 Å². The largest absolute Gasteiger partial charge is 0.376 e. The van der Waals surface area contributed by atoms with Crippen molar-refractivity contribution < 1.29 is 17.9 Å². The van der Waals surface area contributed by atoms with Crippen molar-refractivity contribution in [3.05, 3.63) is 77.7 Å². The lowest BCUT2D eigenvalue weighted by Gasteiger charge is -2.39. The molecule has 3 aromatic heterocycles. The third-order valence-electron chi connectivity index (χ3n) is 7.25. The quantitative estimate of drug-likeness (QED) is 0.413. The number of benzene rings is 1. The maximum Gasteiger partial charge on any atom is 0.251 e. The Bertz CT molecular complexity index is 1690. The van der Waals surface area contributed by atoms with Gasteiger partial charge >= 0.3 is 0 Å². The number of carbonyl (C=O) groups excluding carboxylic acids is 1. The molecule has 1 atom stereocenters. The number of fused-ring (bicyclic) bond motifs is 3. The Morgan fingerprint density at radius 1 is 1.15 bits per heavy atom. The molecule has 0 saturated carbocycles. The van der Waals surface area contributed by atoms with E-state index in [1.54, 1.807) is 24.5 Å². The second-order valence-electron chi connectivity index (χ2n) is 9.83. The molecule has 2 aliphatic rings. The van der Waals surface area contributed by atoms with Crippen molar-refractivity contribution in [2.24, 2.45) is 0 Å². The first-order valence-electron chi connectivity index (χ1n) is 12.7. The van der Waals surface area contributed by atoms with E-state index in [0.717, 1.165) is 34.8 Å². The molecule has 11 heteroatoms. The molecule has 5 heterocycles. The van der Waals surface area contributed by atoms with Gasteiger partial charge in [-0.2, -0.15) is 0 Å². The Morgan fingerprint density at radius 2 is 2.03 bits per heavy atom. The molecule has 2 aliphatic heterocycles. The molecule has 0 radical (unpaired) electrons. The van der Waals surface area contributed by atoms with Gasteiger partial charge in [0, 0.05) is 43.0 Å². The summed E-state index contributed by atoms with van der Waals surface area (Å²) in [4.78, 5) is 31.4. The molecule has 0 spiro atoms. The number of hydrogen-bond donors (Lipinski definition) is 1. The second kappa shape index (κ2) is 9.90. The fourth-order valence-electron chi connectivity index (χ4n) is 4.92. The number of nitrogens with zero attached hydrogens (tertiary/aromatic N) is 5. The van der Waals surface area contributed by atoms with Crippen molar-refractivity contribution in [3.8, 4) is 0 Å². The molecule has 1 N–H and O–H groups in total. The summed E-state index contributed by atoms with van der Waals surface area (Å²) in [6, 6.07) is 14.8. The first-order valence-corrected chi connectivity index (χ1v) is 14.4. The minimum absolute atomic E-state index is 0.101. The Labute approximate surface area is 226 Å². The fraction of sp³-hybridized carbons (Fsp3) is 0.286. The van der Waals surface area contributed by atoms with Crippen LogP contribution in [-0.2, 0) is 27.7 Å². The zero-order valence-corrected chi connectivity index (χ0v) is 22.5. The standard InChI is InChI=1S/C28H28N6O4S/c1-18-16-34(27-24(33(18)2)4-3-9-29-27)26-8-7-20-14-30-22(13-23(20)32-26)15-31-28(35)19-5-6-21-17-38-10-11-39(36,37)25(21)12-19/h3-9,12-14,18H,10-11,15-17H2,1-2H3,(H,31,35). The summed E-state index contributed by atoms with van der Waals surface area (Å²) >= 11 is 0. The average molecular weight is 545 g/mol. The fourth-order valence-corrected chi connectivity index (χ4v) is 6.31. The Balaban J connectivity index is 1.23. The molecule has 6 rings (SSSR count). The van der Waals surface area contributed by atoms with Crippen molar-refractivity contribution in [2.75, 3.05) is 35.8 Å². The van der Waals surface area contributed by atoms with Crippen LogP contribution in [0.25, 0.3) is 10.9 Å². The molecular weight excluding hydrogens is 516 g/mol. The van der Waals surface area contributed by atoms with Gasteiger partial charge in [-0.25, -0.2) is 18.4 Å². The summed E-state index contributed by atoms with van der Waals surface area (Å²) in [5.74, 6) is 1.17. The highest BCUT2D eigenvalue weighted by Gasteiger charge is 2.28. The van der Waals surface area contributed by atoms with E-state index < -0.39 is 9.84 Å². The van der Waals surface area contributed by atoms with Gasteiger partial charge in [-0.15, -0.1) is 0 Å². The topological polar surface area (TPSA) is 118 Å². The summed E-state index contributed by atoms with van der Waals surface area (Å²) in [5.41, 5.74) is 3.29. The lowest BCUT2D eigenvalue weighted by Crippen LogP contribution is -2.44. The van der Waals surface area contributed by atoms with Gasteiger partial charge in [-0.3, -0.25) is 9.78 Å². The molecule has 0 aliphatic carbocycles. The molecule has 0 fully saturated rings. The summed E-state index contributed by atoms with van der Waals surface area (Å²) < 4.78 is 30.5. The Kier molecular flexibility index (Phi) is 6.40. The van der Waals surface area contributed by atoms with Crippen LogP contribution < -0.4 is 15.1 Å². The molecule has 39 heavy (non-hydrogen) atoms. The van der Waals surface area contributed by atoms with Gasteiger partial charge in [0.1, 0.15) is 5.82 Å². The van der Waals surface area contributed by atoms with Gasteiger partial charge in [0.2, 0.25) is 0 Å². The average Bonchev–Trinajstić information content (AvgIpc) is 3.10. The van der Waals surface area contributed by atoms with Gasteiger partial charge < -0.3 is 19.9 Å². The number of likely N-dealkylation sites (N-methyl/N-ethyl adjacent to an activating group) is 1. The van der Waals surface area contributed by atoms with Crippen LogP contribution in [0.5, 0.6) is 0 Å². The first kappa shape index (κ1) is 25.2. The molecule has 0 saturated heterocycles. The van der Waals surface area contributed by atoms with E-state index in [1.807, 2.05) is 24.3 Å². The van der Waals surface area contributed by atoms with E-state index >= 15 is 0 Å². The van der Waals surface area contributed by atoms with E-state index in [9.17, 15) is 13.2 Å². The lowest BCUT2D eigenvalue weighted by molar-refractivity contribution is 0.0950. The number of rotatable bonds is 4. The minimum atomic E-state index is -3.50. The molecular formula is C28H28N6O4S. The van der Waals surface area contributed by atoms with E-state index in [-0.39, 0.29) is 47.9 Å². The van der Waals surface area contributed by atoms with Crippen LogP contribution in [0.15, 0.2) is 65.8 Å². The number of carbonyl (C=O) groups is 1. The molecule has 1 aromatic carbocycles. The highest BCUT2D eigenvalue weighted by atomic mass is 32.2. The minimum Gasteiger partial charge on any atom is -0.376 e. The number of anilines is 3. The maximum absolute atomic E-state index is 12.9. The van der Waals surface area contributed by atoms with Crippen molar-refractivity contribution in [1.82, 2.24) is 20.3 Å². The summed E-state index contributed by atoms with van der Waals surface area (Å²) in [6.45, 7) is 3.43. The summed E-state index contributed by atoms with van der Waals surface area (Å²) in [7, 11) is -1.43. The SMILES string of the molecule is CC1CN(c2ccc3cnc(CNC(=O)c4ccc5c(c4)S(=O)(=O)CCOC5)cc3n2)c2ncccc2N1C. The van der Waals surface area contributed by atoms with Crippen LogP contribution in [-0.4, -0.2) is 61.3 Å². The van der Waals surface area contributed by atoms with Gasteiger partial charge in [0.25, 0.3) is 5.91 Å². The van der Waals surface area contributed by atoms with Gasteiger partial charge in [-0.05, 0) is 55.0 Å². The molecule has 200 valence electrons. The van der Waals surface area contributed by atoms with Gasteiger partial charge in [-0.1, -0.05) is 6.07 Å². The number of nitrogens with one attached hydrogen (secondary N) is 1. The molecule has 0 bridgehead atoms. The van der Waals surface area contributed by atoms with E-state index in [4.69, 9.17) is 9.72 Å². The Hall–Kier alpha value is -4.09. The number of ether oxygens (including phenoxy) is 1. The first-order chi connectivity index (χ1) is 18.8. The van der Waals surface area contributed by atoms with E-state index in [0.29, 0.717) is 11.3 Å². The van der Waals surface area contributed by atoms with Crippen LogP contribution in [0.2, 0.25) is 0 Å². The molecule has 1 unspecified atom stereocenters. The zero-order valence-electron chi connectivity index (χ0n) is 21.7. The van der Waals surface area contributed by atoms with Crippen LogP contribution in [0.1, 0.15) is 28.5 Å². The monoisotopic (exact) mass is 544 g/mol. The van der Waals surface area contributed by atoms with E-state index in [1.165, 1.54) is 6.07 Å². The molecule has 10 nitrogen and oxygen atoms in total. The summed E-state index contributed by atoms with van der Waals surface area (Å²) in [5, 5.41) is 3.73. The molecule has 4 aromatic rings. The normalized spacial score (nSPS) is 18.3. The number of sulfone groups is 1. The number of amides is 1. The third kappa shape index (κ3) is 4.79. The van der Waals surface area contributed by atoms with Crippen LogP contribution in [0, 0.1) is 0 Å². The summed E-state index contributed by atoms with van der Waals surface area (Å²) in [6.07, 6.45) is 3.52. The third-order valence-corrected chi connectivity index (χ3v) is 9.00. The smallest absolute Gasteiger partial charge is 0.251 e. The predicted octanol–water partition coefficient (Wildman–Crippen LogP) is 3.24. The van der Waals surface area contributed by atoms with Crippen LogP contribution in [0.4, 0.5) is 17.3 Å². The zero-order chi connectivity index (χ0) is 27.1. The van der Waals surface area contributed by atoms with Crippen molar-refractivity contribution in [1.29, 1.82) is 0 Å².